The van der Waals surface area contributed by atoms with Crippen LogP contribution < -0.4 is 10.00 Å². The number of rotatable bonds is 3. The minimum absolute atomic E-state index is 0.518. The number of nitroso groups, excluding NO2 is 1. The Kier molecular flexibility index (Phi) is 3.11. The molecule has 2 heterocycles. The van der Waals surface area contributed by atoms with Gasteiger partial charge in [-0.2, -0.15) is 5.10 Å². The number of nitrogens with zero attached hydrogens (tertiary/aromatic N) is 2. The number of hydrogen-bond donors (Lipinski definition) is 2. The van der Waals surface area contributed by atoms with Crippen LogP contribution in [-0.4, -0.2) is 18.2 Å². The van der Waals surface area contributed by atoms with E-state index in [9.17, 15) is 4.91 Å². The highest BCUT2D eigenvalue weighted by atomic mass is 16.3. The number of nitrogens with one attached hydrogen (secondary N) is 2. The highest BCUT2D eigenvalue weighted by Gasteiger charge is 2.22. The Labute approximate surface area is 88.8 Å². The van der Waals surface area contributed by atoms with E-state index >= 15 is 0 Å². The Morgan fingerprint density at radius 3 is 2.87 bits per heavy atom. The van der Waals surface area contributed by atoms with Crippen LogP contribution in [0.4, 0.5) is 5.69 Å². The van der Waals surface area contributed by atoms with Crippen LogP contribution in [0.1, 0.15) is 18.5 Å². The zero-order valence-corrected chi connectivity index (χ0v) is 8.99. The number of aromatic nitrogens is 2. The maximum absolute atomic E-state index is 10.4. The van der Waals surface area contributed by atoms with Gasteiger partial charge in [0.05, 0.1) is 6.20 Å². The van der Waals surface area contributed by atoms with Crippen molar-refractivity contribution in [3.63, 3.8) is 0 Å². The van der Waals surface area contributed by atoms with E-state index in [-0.39, 0.29) is 0 Å². The predicted octanol–water partition coefficient (Wildman–Crippen LogP) is 1.01. The Morgan fingerprint density at radius 2 is 2.27 bits per heavy atom. The van der Waals surface area contributed by atoms with Crippen molar-refractivity contribution < 1.29 is 4.68 Å². The highest BCUT2D eigenvalue weighted by molar-refractivity contribution is 5.34. The van der Waals surface area contributed by atoms with E-state index in [0.29, 0.717) is 11.6 Å². The first-order valence-electron chi connectivity index (χ1n) is 5.43. The summed E-state index contributed by atoms with van der Waals surface area (Å²) in [6.45, 7) is 5.09. The molecule has 2 N–H and O–H groups in total. The molecule has 1 aromatic heterocycles. The fourth-order valence-electron chi connectivity index (χ4n) is 2.08. The van der Waals surface area contributed by atoms with Crippen LogP contribution in [0.25, 0.3) is 0 Å². The van der Waals surface area contributed by atoms with Crippen LogP contribution in [0, 0.1) is 17.7 Å². The summed E-state index contributed by atoms with van der Waals surface area (Å²) >= 11 is 0. The van der Waals surface area contributed by atoms with Gasteiger partial charge in [0.2, 0.25) is 5.69 Å². The molecule has 0 unspecified atom stereocenters. The van der Waals surface area contributed by atoms with Gasteiger partial charge in [-0.05, 0) is 31.1 Å². The number of piperidine rings is 1. The summed E-state index contributed by atoms with van der Waals surface area (Å²) in [5.41, 5.74) is 1.45. The molecule has 15 heavy (non-hydrogen) atoms. The molecule has 0 aromatic carbocycles. The largest absolute Gasteiger partial charge is 0.317 e. The van der Waals surface area contributed by atoms with Crippen molar-refractivity contribution in [1.82, 2.24) is 10.4 Å². The molecule has 0 amide bonds. The third kappa shape index (κ3) is 2.23. The molecule has 2 rings (SSSR count). The minimum atomic E-state index is 0.518. The Hall–Kier alpha value is -1.23. The summed E-state index contributed by atoms with van der Waals surface area (Å²) < 4.78 is 2.02. The van der Waals surface area contributed by atoms with E-state index in [4.69, 9.17) is 0 Å². The van der Waals surface area contributed by atoms with Crippen molar-refractivity contribution in [2.24, 2.45) is 11.1 Å². The Bertz CT molecular complexity index is 341. The van der Waals surface area contributed by atoms with Gasteiger partial charge < -0.3 is 5.32 Å². The van der Waals surface area contributed by atoms with Crippen LogP contribution >= 0.6 is 0 Å². The lowest BCUT2D eigenvalue weighted by atomic mass is 9.98. The summed E-state index contributed by atoms with van der Waals surface area (Å²) in [6.07, 6.45) is 4.08. The van der Waals surface area contributed by atoms with Gasteiger partial charge in [0.25, 0.3) is 0 Å². The molecule has 0 atom stereocenters. The maximum atomic E-state index is 10.4. The molecule has 5 nitrogen and oxygen atoms in total. The average Bonchev–Trinajstić information content (AvgIpc) is 2.62. The van der Waals surface area contributed by atoms with Gasteiger partial charge >= 0.3 is 0 Å². The molecule has 82 valence electrons. The minimum Gasteiger partial charge on any atom is -0.317 e. The molecule has 1 aliphatic rings. The molecule has 1 fully saturated rings. The standard InChI is InChI=1S/C10H16N4O/c1-8-10(13-15)6-12-14(8)7-9-2-4-11-5-3-9/h6,9,11H,2-5,7H2,1H3/p+1. The lowest BCUT2D eigenvalue weighted by molar-refractivity contribution is -0.760. The van der Waals surface area contributed by atoms with Gasteiger partial charge in [-0.15, -0.1) is 9.59 Å². The van der Waals surface area contributed by atoms with Crippen LogP contribution in [0.15, 0.2) is 11.4 Å². The highest BCUT2D eigenvalue weighted by Crippen LogP contribution is 2.15. The first-order chi connectivity index (χ1) is 7.31. The summed E-state index contributed by atoms with van der Waals surface area (Å²) in [6, 6.07) is 0. The quantitative estimate of drug-likeness (QED) is 0.576. The lowest BCUT2D eigenvalue weighted by Crippen LogP contribution is -2.44. The van der Waals surface area contributed by atoms with E-state index in [1.165, 1.54) is 12.8 Å². The summed E-state index contributed by atoms with van der Waals surface area (Å²) in [5, 5.41) is 9.39. The molecule has 0 radical (unpaired) electrons. The van der Waals surface area contributed by atoms with Crippen LogP contribution in [0.3, 0.4) is 0 Å². The molecule has 0 spiro atoms. The second kappa shape index (κ2) is 4.53. The fraction of sp³-hybridized carbons (Fsp3) is 0.700. The van der Waals surface area contributed by atoms with Crippen molar-refractivity contribution in [2.45, 2.75) is 26.3 Å². The maximum Gasteiger partial charge on any atom is 0.233 e. The van der Waals surface area contributed by atoms with E-state index in [1.807, 2.05) is 11.6 Å². The number of hydrogen-bond acceptors (Lipinski definition) is 3. The van der Waals surface area contributed by atoms with Gasteiger partial charge in [-0.25, -0.2) is 0 Å². The number of H-pyrrole nitrogens is 1. The Morgan fingerprint density at radius 1 is 1.53 bits per heavy atom. The van der Waals surface area contributed by atoms with Gasteiger partial charge in [0.1, 0.15) is 0 Å². The third-order valence-corrected chi connectivity index (χ3v) is 3.13. The fourth-order valence-corrected chi connectivity index (χ4v) is 2.08. The van der Waals surface area contributed by atoms with Gasteiger partial charge in [0.15, 0.2) is 12.2 Å². The average molecular weight is 209 g/mol. The van der Waals surface area contributed by atoms with Gasteiger partial charge in [-0.1, -0.05) is 0 Å². The van der Waals surface area contributed by atoms with Crippen LogP contribution in [0.5, 0.6) is 0 Å². The monoisotopic (exact) mass is 209 g/mol. The van der Waals surface area contributed by atoms with E-state index in [0.717, 1.165) is 25.3 Å². The first-order valence-corrected chi connectivity index (χ1v) is 5.43. The second-order valence-corrected chi connectivity index (χ2v) is 4.14. The smallest absolute Gasteiger partial charge is 0.233 e. The zero-order chi connectivity index (χ0) is 10.7. The van der Waals surface area contributed by atoms with Crippen molar-refractivity contribution in [1.29, 1.82) is 0 Å². The molecule has 1 saturated heterocycles. The molecule has 0 saturated carbocycles. The molecule has 1 aromatic rings. The molecule has 0 bridgehead atoms. The lowest BCUT2D eigenvalue weighted by Gasteiger charge is -2.19. The van der Waals surface area contributed by atoms with Crippen molar-refractivity contribution in [3.05, 3.63) is 16.8 Å². The molecule has 5 heteroatoms. The summed E-state index contributed by atoms with van der Waals surface area (Å²) in [4.78, 5) is 10.4. The molecule has 0 aliphatic carbocycles. The number of aromatic amines is 1. The summed E-state index contributed by atoms with van der Waals surface area (Å²) in [5.74, 6) is 0.702. The van der Waals surface area contributed by atoms with Crippen LogP contribution in [-0.2, 0) is 6.54 Å². The van der Waals surface area contributed by atoms with Crippen molar-refractivity contribution in [2.75, 3.05) is 13.1 Å². The molecular weight excluding hydrogens is 192 g/mol. The van der Waals surface area contributed by atoms with E-state index in [2.05, 4.69) is 15.6 Å². The van der Waals surface area contributed by atoms with E-state index in [1.54, 1.807) is 6.20 Å². The predicted molar refractivity (Wildman–Crippen MR) is 56.8 cm³/mol. The first kappa shape index (κ1) is 10.3. The summed E-state index contributed by atoms with van der Waals surface area (Å²) in [7, 11) is 0. The van der Waals surface area contributed by atoms with Gasteiger partial charge in [0, 0.05) is 12.8 Å². The Balaban J connectivity index is 2.03. The molecule has 1 aliphatic heterocycles. The normalized spacial score (nSPS) is 17.9. The molecular formula is C10H17N4O+. The van der Waals surface area contributed by atoms with E-state index < -0.39 is 0 Å². The van der Waals surface area contributed by atoms with Gasteiger partial charge in [-0.3, -0.25) is 0 Å². The van der Waals surface area contributed by atoms with Crippen molar-refractivity contribution in [3.8, 4) is 0 Å². The topological polar surface area (TPSA) is 61.1 Å². The SMILES string of the molecule is Cc1c(N=O)c[nH][n+]1CC1CCNCC1. The zero-order valence-electron chi connectivity index (χ0n) is 8.99. The third-order valence-electron chi connectivity index (χ3n) is 3.13. The van der Waals surface area contributed by atoms with Crippen molar-refractivity contribution >= 4 is 5.69 Å². The van der Waals surface area contributed by atoms with Crippen LogP contribution in [0.2, 0.25) is 0 Å². The second-order valence-electron chi connectivity index (χ2n) is 4.14.